The van der Waals surface area contributed by atoms with Crippen molar-refractivity contribution in [1.82, 2.24) is 4.57 Å². The molecule has 6 aromatic carbocycles. The number of anilines is 6. The predicted octanol–water partition coefficient (Wildman–Crippen LogP) is 11.0. The molecule has 0 saturated carbocycles. The third-order valence-corrected chi connectivity index (χ3v) is 8.92. The quantitative estimate of drug-likeness (QED) is 0.209. The Bertz CT molecular complexity index is 1960. The monoisotopic (exact) mass is 557 g/mol. The third kappa shape index (κ3) is 4.08. The van der Waals surface area contributed by atoms with Crippen molar-refractivity contribution < 1.29 is 0 Å². The van der Waals surface area contributed by atoms with Crippen LogP contribution in [0.1, 0.15) is 0 Å². The van der Waals surface area contributed by atoms with Gasteiger partial charge in [-0.05, 0) is 78.9 Å². The summed E-state index contributed by atoms with van der Waals surface area (Å²) in [6, 6.07) is 58.2. The minimum Gasteiger partial charge on any atom is -0.311 e. The van der Waals surface area contributed by atoms with E-state index < -0.39 is 0 Å². The Labute approximate surface area is 249 Å². The maximum absolute atomic E-state index is 2.42. The van der Waals surface area contributed by atoms with Crippen LogP contribution in [0.2, 0.25) is 0 Å². The normalized spacial score (nSPS) is 12.1. The number of aromatic nitrogens is 1. The molecule has 0 atom stereocenters. The van der Waals surface area contributed by atoms with Crippen LogP contribution in [-0.2, 0) is 0 Å². The van der Waals surface area contributed by atoms with E-state index in [4.69, 9.17) is 0 Å². The topological polar surface area (TPSA) is 11.4 Å². The van der Waals surface area contributed by atoms with Gasteiger partial charge in [-0.1, -0.05) is 96.7 Å². The van der Waals surface area contributed by atoms with Gasteiger partial charge < -0.3 is 4.90 Å². The first kappa shape index (κ1) is 24.6. The number of hydrogen-bond donors (Lipinski definition) is 0. The summed E-state index contributed by atoms with van der Waals surface area (Å²) in [5, 5.41) is 1.26. The number of fused-ring (bicyclic) bond motifs is 4. The molecule has 0 radical (unpaired) electrons. The van der Waals surface area contributed by atoms with Gasteiger partial charge in [-0.2, -0.15) is 0 Å². The van der Waals surface area contributed by atoms with Gasteiger partial charge in [0.1, 0.15) is 5.82 Å². The van der Waals surface area contributed by atoms with Gasteiger partial charge in [0.05, 0.1) is 16.1 Å². The van der Waals surface area contributed by atoms with Crippen LogP contribution in [0.3, 0.4) is 0 Å². The standard InChI is InChI=1S/C38H27N3S/c1-4-14-28(15-5-1)39(29-16-6-2-7-17-29)31-24-26-32(27-25-31)41-35-22-12-13-23-36(35)42-37-33-20-10-11-21-34(33)40(38(37)41)30-18-8-3-9-19-30/h1-27H. The fourth-order valence-electron chi connectivity index (χ4n) is 5.90. The lowest BCUT2D eigenvalue weighted by Crippen LogP contribution is -2.18. The Morgan fingerprint density at radius 2 is 1.00 bits per heavy atom. The molecule has 0 saturated heterocycles. The van der Waals surface area contributed by atoms with Gasteiger partial charge in [0, 0.05) is 38.7 Å². The Kier molecular flexibility index (Phi) is 6.05. The second-order valence-corrected chi connectivity index (χ2v) is 11.3. The van der Waals surface area contributed by atoms with Crippen molar-refractivity contribution in [3.63, 3.8) is 0 Å². The molecule has 1 aliphatic rings. The molecule has 0 fully saturated rings. The predicted molar refractivity (Wildman–Crippen MR) is 177 cm³/mol. The molecule has 42 heavy (non-hydrogen) atoms. The Balaban J connectivity index is 1.32. The highest BCUT2D eigenvalue weighted by Crippen LogP contribution is 2.55. The Hall–Kier alpha value is -5.19. The van der Waals surface area contributed by atoms with Crippen LogP contribution in [-0.4, -0.2) is 4.57 Å². The number of benzene rings is 6. The molecule has 0 N–H and O–H groups in total. The van der Waals surface area contributed by atoms with E-state index in [2.05, 4.69) is 178 Å². The number of hydrogen-bond acceptors (Lipinski definition) is 3. The summed E-state index contributed by atoms with van der Waals surface area (Å²) in [5.41, 5.74) is 8.02. The van der Waals surface area contributed by atoms with E-state index in [0.717, 1.165) is 28.4 Å². The van der Waals surface area contributed by atoms with E-state index >= 15 is 0 Å². The van der Waals surface area contributed by atoms with E-state index in [9.17, 15) is 0 Å². The van der Waals surface area contributed by atoms with Gasteiger partial charge in [0.25, 0.3) is 0 Å². The van der Waals surface area contributed by atoms with E-state index in [1.165, 1.54) is 32.2 Å². The summed E-state index contributed by atoms with van der Waals surface area (Å²) in [4.78, 5) is 7.25. The van der Waals surface area contributed by atoms with E-state index in [0.29, 0.717) is 0 Å². The second kappa shape index (κ2) is 10.3. The average molecular weight is 558 g/mol. The van der Waals surface area contributed by atoms with Crippen LogP contribution in [0.5, 0.6) is 0 Å². The molecule has 0 bridgehead atoms. The Morgan fingerprint density at radius 3 is 1.69 bits per heavy atom. The molecule has 0 spiro atoms. The number of para-hydroxylation sites is 5. The van der Waals surface area contributed by atoms with Gasteiger partial charge in [-0.25, -0.2) is 0 Å². The molecule has 0 unspecified atom stereocenters. The maximum Gasteiger partial charge on any atom is 0.137 e. The molecule has 1 aromatic heterocycles. The van der Waals surface area contributed by atoms with Crippen LogP contribution < -0.4 is 9.80 Å². The van der Waals surface area contributed by atoms with Crippen molar-refractivity contribution in [2.45, 2.75) is 9.79 Å². The summed E-state index contributed by atoms with van der Waals surface area (Å²) in [7, 11) is 0. The minimum absolute atomic E-state index is 1.11. The Morgan fingerprint density at radius 1 is 0.452 bits per heavy atom. The van der Waals surface area contributed by atoms with E-state index in [1.807, 2.05) is 11.8 Å². The third-order valence-electron chi connectivity index (χ3n) is 7.74. The van der Waals surface area contributed by atoms with Crippen molar-refractivity contribution in [2.24, 2.45) is 0 Å². The fraction of sp³-hybridized carbons (Fsp3) is 0. The van der Waals surface area contributed by atoms with Crippen molar-refractivity contribution in [1.29, 1.82) is 0 Å². The molecule has 1 aliphatic heterocycles. The van der Waals surface area contributed by atoms with Crippen LogP contribution in [0.4, 0.5) is 34.3 Å². The molecule has 2 heterocycles. The highest BCUT2D eigenvalue weighted by atomic mass is 32.2. The average Bonchev–Trinajstić information content (AvgIpc) is 3.39. The first-order valence-electron chi connectivity index (χ1n) is 14.1. The van der Waals surface area contributed by atoms with Crippen molar-refractivity contribution in [2.75, 3.05) is 9.80 Å². The molecule has 200 valence electrons. The van der Waals surface area contributed by atoms with Crippen molar-refractivity contribution in [3.05, 3.63) is 164 Å². The van der Waals surface area contributed by atoms with Crippen LogP contribution in [0.15, 0.2) is 174 Å². The lowest BCUT2D eigenvalue weighted by molar-refractivity contribution is 1.03. The lowest BCUT2D eigenvalue weighted by atomic mass is 10.1. The number of rotatable bonds is 5. The molecule has 4 heteroatoms. The fourth-order valence-corrected chi connectivity index (χ4v) is 7.09. The SMILES string of the molecule is c1ccc(N(c2ccccc2)c2ccc(N3c4ccccc4Sc4c3n(-c3ccccc3)c3ccccc43)cc2)cc1. The van der Waals surface area contributed by atoms with Gasteiger partial charge in [-0.15, -0.1) is 0 Å². The molecular weight excluding hydrogens is 531 g/mol. The van der Waals surface area contributed by atoms with Gasteiger partial charge in [-0.3, -0.25) is 9.47 Å². The largest absolute Gasteiger partial charge is 0.311 e. The lowest BCUT2D eigenvalue weighted by Gasteiger charge is -2.33. The van der Waals surface area contributed by atoms with Crippen molar-refractivity contribution >= 4 is 56.9 Å². The molecule has 8 rings (SSSR count). The highest BCUT2D eigenvalue weighted by Gasteiger charge is 2.31. The molecule has 3 nitrogen and oxygen atoms in total. The van der Waals surface area contributed by atoms with Crippen LogP contribution in [0, 0.1) is 0 Å². The highest BCUT2D eigenvalue weighted by molar-refractivity contribution is 8.00. The smallest absolute Gasteiger partial charge is 0.137 e. The zero-order chi connectivity index (χ0) is 27.9. The summed E-state index contributed by atoms with van der Waals surface area (Å²) in [6.45, 7) is 0. The van der Waals surface area contributed by atoms with E-state index in [1.54, 1.807) is 0 Å². The maximum atomic E-state index is 2.42. The molecule has 7 aromatic rings. The summed E-state index contributed by atoms with van der Waals surface area (Å²) >= 11 is 1.86. The molecule has 0 aliphatic carbocycles. The first-order chi connectivity index (χ1) is 20.9. The van der Waals surface area contributed by atoms with Gasteiger partial charge in [0.2, 0.25) is 0 Å². The number of nitrogens with zero attached hydrogens (tertiary/aromatic N) is 3. The first-order valence-corrected chi connectivity index (χ1v) is 14.9. The van der Waals surface area contributed by atoms with Crippen LogP contribution >= 0.6 is 11.8 Å². The molecule has 0 amide bonds. The minimum atomic E-state index is 1.11. The zero-order valence-electron chi connectivity index (χ0n) is 22.8. The van der Waals surface area contributed by atoms with Gasteiger partial charge >= 0.3 is 0 Å². The second-order valence-electron chi connectivity index (χ2n) is 10.3. The van der Waals surface area contributed by atoms with E-state index in [-0.39, 0.29) is 0 Å². The van der Waals surface area contributed by atoms with Crippen LogP contribution in [0.25, 0.3) is 16.6 Å². The summed E-state index contributed by atoms with van der Waals surface area (Å²) < 4.78 is 2.40. The van der Waals surface area contributed by atoms with Gasteiger partial charge in [0.15, 0.2) is 0 Å². The van der Waals surface area contributed by atoms with Crippen molar-refractivity contribution in [3.8, 4) is 5.69 Å². The zero-order valence-corrected chi connectivity index (χ0v) is 23.7. The summed E-state index contributed by atoms with van der Waals surface area (Å²) in [6.07, 6.45) is 0. The molecular formula is C38H27N3S. The summed E-state index contributed by atoms with van der Waals surface area (Å²) in [5.74, 6) is 1.17.